The summed E-state index contributed by atoms with van der Waals surface area (Å²) < 4.78 is 38.0. The predicted octanol–water partition coefficient (Wildman–Crippen LogP) is 3.09. The minimum atomic E-state index is -3.70. The average Bonchev–Trinajstić information content (AvgIpc) is 2.86. The van der Waals surface area contributed by atoms with Crippen LogP contribution in [0.4, 0.5) is 5.69 Å². The van der Waals surface area contributed by atoms with Crippen molar-refractivity contribution in [2.24, 2.45) is 0 Å². The number of methoxy groups -OCH3 is 2. The Labute approximate surface area is 196 Å². The van der Waals surface area contributed by atoms with Crippen LogP contribution in [0, 0.1) is 0 Å². The first-order chi connectivity index (χ1) is 15.8. The Hall–Kier alpha value is -2.78. The van der Waals surface area contributed by atoms with Crippen LogP contribution in [0.2, 0.25) is 0 Å². The number of sulfonamides is 1. The van der Waals surface area contributed by atoms with E-state index >= 15 is 0 Å². The van der Waals surface area contributed by atoms with Gasteiger partial charge in [0.2, 0.25) is 10.0 Å². The molecule has 2 aromatic carbocycles. The van der Waals surface area contributed by atoms with Gasteiger partial charge in [0, 0.05) is 57.1 Å². The number of unbranched alkanes of at least 4 members (excludes halogenated alkanes) is 1. The number of piperazine rings is 1. The van der Waals surface area contributed by atoms with Gasteiger partial charge in [0.15, 0.2) is 11.5 Å². The van der Waals surface area contributed by atoms with Crippen LogP contribution in [0.25, 0.3) is 0 Å². The molecule has 0 aliphatic carbocycles. The van der Waals surface area contributed by atoms with Gasteiger partial charge in [-0.2, -0.15) is 4.31 Å². The van der Waals surface area contributed by atoms with Crippen molar-refractivity contribution in [1.29, 1.82) is 0 Å². The van der Waals surface area contributed by atoms with Crippen LogP contribution in [-0.2, 0) is 10.0 Å². The summed E-state index contributed by atoms with van der Waals surface area (Å²) in [5.41, 5.74) is 1.68. The molecule has 1 fully saturated rings. The molecule has 180 valence electrons. The smallest absolute Gasteiger partial charge is 0.253 e. The summed E-state index contributed by atoms with van der Waals surface area (Å²) in [6, 6.07) is 12.1. The molecule has 0 atom stereocenters. The largest absolute Gasteiger partial charge is 0.493 e. The molecule has 8 nitrogen and oxygen atoms in total. The monoisotopic (exact) mass is 475 g/mol. The predicted molar refractivity (Wildman–Crippen MR) is 129 cm³/mol. The number of hydrogen-bond acceptors (Lipinski definition) is 6. The first-order valence-corrected chi connectivity index (χ1v) is 12.6. The van der Waals surface area contributed by atoms with Crippen LogP contribution in [-0.4, -0.2) is 77.5 Å². The lowest BCUT2D eigenvalue weighted by Crippen LogP contribution is -2.50. The molecule has 0 spiro atoms. The van der Waals surface area contributed by atoms with Crippen molar-refractivity contribution in [2.75, 3.05) is 58.9 Å². The number of ether oxygens (including phenoxy) is 2. The maximum absolute atomic E-state index is 13.1. The summed E-state index contributed by atoms with van der Waals surface area (Å²) in [5, 5.41) is 0. The number of nitrogens with zero attached hydrogens (tertiary/aromatic N) is 3. The fraction of sp³-hybridized carbons (Fsp3) is 0.458. The Kier molecular flexibility index (Phi) is 8.20. The van der Waals surface area contributed by atoms with Gasteiger partial charge in [-0.05, 0) is 42.8 Å². The van der Waals surface area contributed by atoms with Gasteiger partial charge >= 0.3 is 0 Å². The van der Waals surface area contributed by atoms with Crippen molar-refractivity contribution in [3.63, 3.8) is 0 Å². The molecule has 0 saturated carbocycles. The third-order valence-corrected chi connectivity index (χ3v) is 7.82. The first kappa shape index (κ1) is 24.9. The zero-order valence-electron chi connectivity index (χ0n) is 19.8. The second-order valence-electron chi connectivity index (χ2n) is 8.04. The standard InChI is InChI=1S/C24H33N3O5S/c1-5-6-13-25(2)20-9-7-19(8-10-20)24(28)26-14-16-27(17-15-26)33(29,30)21-11-12-22(31-3)23(18-21)32-4/h7-12,18H,5-6,13-17H2,1-4H3. The highest BCUT2D eigenvalue weighted by molar-refractivity contribution is 7.89. The number of benzene rings is 2. The minimum absolute atomic E-state index is 0.0825. The third kappa shape index (κ3) is 5.59. The lowest BCUT2D eigenvalue weighted by Gasteiger charge is -2.34. The van der Waals surface area contributed by atoms with Gasteiger partial charge in [-0.15, -0.1) is 0 Å². The molecule has 0 radical (unpaired) electrons. The number of rotatable bonds is 9. The summed E-state index contributed by atoms with van der Waals surface area (Å²) in [4.78, 5) is 17.0. The maximum Gasteiger partial charge on any atom is 0.253 e. The molecule has 33 heavy (non-hydrogen) atoms. The van der Waals surface area contributed by atoms with Crippen molar-refractivity contribution in [3.8, 4) is 11.5 Å². The number of hydrogen-bond donors (Lipinski definition) is 0. The van der Waals surface area contributed by atoms with Crippen LogP contribution in [0.1, 0.15) is 30.1 Å². The summed E-state index contributed by atoms with van der Waals surface area (Å²) in [6.45, 7) is 4.28. The molecule has 1 heterocycles. The Morgan fingerprint density at radius 2 is 1.61 bits per heavy atom. The molecule has 0 N–H and O–H groups in total. The molecule has 1 aliphatic rings. The maximum atomic E-state index is 13.1. The molecular formula is C24H33N3O5S. The molecule has 0 bridgehead atoms. The summed E-state index contributed by atoms with van der Waals surface area (Å²) in [6.07, 6.45) is 2.25. The normalized spacial score (nSPS) is 14.7. The second-order valence-corrected chi connectivity index (χ2v) is 9.97. The van der Waals surface area contributed by atoms with Crippen LogP contribution in [0.15, 0.2) is 47.4 Å². The lowest BCUT2D eigenvalue weighted by atomic mass is 10.1. The van der Waals surface area contributed by atoms with Gasteiger partial charge in [-0.25, -0.2) is 8.42 Å². The summed E-state index contributed by atoms with van der Waals surface area (Å²) >= 11 is 0. The minimum Gasteiger partial charge on any atom is -0.493 e. The van der Waals surface area contributed by atoms with E-state index in [9.17, 15) is 13.2 Å². The number of carbonyl (C=O) groups is 1. The zero-order chi connectivity index (χ0) is 24.0. The van der Waals surface area contributed by atoms with Crippen molar-refractivity contribution >= 4 is 21.6 Å². The van der Waals surface area contributed by atoms with Gasteiger partial charge in [0.05, 0.1) is 19.1 Å². The van der Waals surface area contributed by atoms with Crippen molar-refractivity contribution in [1.82, 2.24) is 9.21 Å². The van der Waals surface area contributed by atoms with E-state index < -0.39 is 10.0 Å². The van der Waals surface area contributed by atoms with Gasteiger partial charge in [0.25, 0.3) is 5.91 Å². The lowest BCUT2D eigenvalue weighted by molar-refractivity contribution is 0.0698. The van der Waals surface area contributed by atoms with Gasteiger partial charge < -0.3 is 19.3 Å². The quantitative estimate of drug-likeness (QED) is 0.555. The van der Waals surface area contributed by atoms with Crippen molar-refractivity contribution < 1.29 is 22.7 Å². The Morgan fingerprint density at radius 1 is 0.970 bits per heavy atom. The van der Waals surface area contributed by atoms with Crippen LogP contribution < -0.4 is 14.4 Å². The van der Waals surface area contributed by atoms with E-state index in [1.807, 2.05) is 31.3 Å². The van der Waals surface area contributed by atoms with E-state index in [0.29, 0.717) is 30.2 Å². The van der Waals surface area contributed by atoms with E-state index in [0.717, 1.165) is 25.1 Å². The van der Waals surface area contributed by atoms with Gasteiger partial charge in [-0.3, -0.25) is 4.79 Å². The molecule has 3 rings (SSSR count). The SMILES string of the molecule is CCCCN(C)c1ccc(C(=O)N2CCN(S(=O)(=O)c3ccc(OC)c(OC)c3)CC2)cc1. The number of anilines is 1. The summed E-state index contributed by atoms with van der Waals surface area (Å²) in [5.74, 6) is 0.742. The van der Waals surface area contributed by atoms with Gasteiger partial charge in [-0.1, -0.05) is 13.3 Å². The number of amides is 1. The van der Waals surface area contributed by atoms with E-state index in [2.05, 4.69) is 11.8 Å². The van der Waals surface area contributed by atoms with E-state index in [1.165, 1.54) is 30.7 Å². The second kappa shape index (κ2) is 10.9. The first-order valence-electron chi connectivity index (χ1n) is 11.1. The van der Waals surface area contributed by atoms with Crippen molar-refractivity contribution in [2.45, 2.75) is 24.7 Å². The van der Waals surface area contributed by atoms with Crippen LogP contribution in [0.5, 0.6) is 11.5 Å². The average molecular weight is 476 g/mol. The molecule has 1 saturated heterocycles. The summed E-state index contributed by atoms with van der Waals surface area (Å²) in [7, 11) is 1.31. The molecule has 9 heteroatoms. The Balaban J connectivity index is 1.64. The zero-order valence-corrected chi connectivity index (χ0v) is 20.6. The molecule has 1 amide bonds. The van der Waals surface area contributed by atoms with Crippen molar-refractivity contribution in [3.05, 3.63) is 48.0 Å². The van der Waals surface area contributed by atoms with E-state index in [1.54, 1.807) is 11.0 Å². The third-order valence-electron chi connectivity index (χ3n) is 5.92. The fourth-order valence-corrected chi connectivity index (χ4v) is 5.26. The van der Waals surface area contributed by atoms with Crippen LogP contribution >= 0.6 is 0 Å². The topological polar surface area (TPSA) is 79.4 Å². The van der Waals surface area contributed by atoms with Crippen LogP contribution in [0.3, 0.4) is 0 Å². The highest BCUT2D eigenvalue weighted by atomic mass is 32.2. The Morgan fingerprint density at radius 3 is 2.18 bits per heavy atom. The number of carbonyl (C=O) groups excluding carboxylic acids is 1. The molecule has 0 unspecified atom stereocenters. The molecule has 2 aromatic rings. The Bertz CT molecular complexity index is 1050. The van der Waals surface area contributed by atoms with E-state index in [4.69, 9.17) is 9.47 Å². The molecule has 0 aromatic heterocycles. The highest BCUT2D eigenvalue weighted by Crippen LogP contribution is 2.31. The molecular weight excluding hydrogens is 442 g/mol. The fourth-order valence-electron chi connectivity index (χ4n) is 3.82. The highest BCUT2D eigenvalue weighted by Gasteiger charge is 2.31. The molecule has 1 aliphatic heterocycles. The van der Waals surface area contributed by atoms with E-state index in [-0.39, 0.29) is 23.9 Å². The van der Waals surface area contributed by atoms with Gasteiger partial charge in [0.1, 0.15) is 0 Å².